The molecule has 2 fully saturated rings. The van der Waals surface area contributed by atoms with Crippen molar-refractivity contribution in [2.45, 2.75) is 48.4 Å². The van der Waals surface area contributed by atoms with Crippen molar-refractivity contribution in [3.8, 4) is 0 Å². The fourth-order valence-electron chi connectivity index (χ4n) is 4.93. The van der Waals surface area contributed by atoms with Gasteiger partial charge in [-0.15, -0.1) is 0 Å². The first-order valence-corrected chi connectivity index (χ1v) is 15.1. The van der Waals surface area contributed by atoms with E-state index < -0.39 is 48.3 Å². The van der Waals surface area contributed by atoms with Gasteiger partial charge in [0.25, 0.3) is 0 Å². The summed E-state index contributed by atoms with van der Waals surface area (Å²) in [7, 11) is -4.33. The van der Waals surface area contributed by atoms with E-state index >= 15 is 0 Å². The number of nitrogens with zero attached hydrogens (tertiary/aromatic N) is 2. The highest BCUT2D eigenvalue weighted by Crippen LogP contribution is 2.40. The summed E-state index contributed by atoms with van der Waals surface area (Å²) in [6.45, 7) is 0.423. The summed E-state index contributed by atoms with van der Waals surface area (Å²) in [5, 5.41) is 9.78. The summed E-state index contributed by atoms with van der Waals surface area (Å²) in [5.74, 6) is -0.283. The highest BCUT2D eigenvalue weighted by Gasteiger charge is 2.40. The predicted octanol–water partition coefficient (Wildman–Crippen LogP) is 5.45. The second kappa shape index (κ2) is 11.8. The summed E-state index contributed by atoms with van der Waals surface area (Å²) < 4.78 is 73.4. The molecular weight excluding hydrogens is 648 g/mol. The fraction of sp³-hybridized carbons (Fsp3) is 0.480. The number of sulfonamides is 1. The van der Waals surface area contributed by atoms with E-state index in [-0.39, 0.29) is 25.7 Å². The van der Waals surface area contributed by atoms with E-state index in [2.05, 4.69) is 15.9 Å². The van der Waals surface area contributed by atoms with E-state index in [9.17, 15) is 31.5 Å². The van der Waals surface area contributed by atoms with E-state index in [1.807, 2.05) is 24.3 Å². The molecule has 2 heterocycles. The summed E-state index contributed by atoms with van der Waals surface area (Å²) in [6, 6.07) is 7.83. The number of hydrogen-bond acceptors (Lipinski definition) is 5. The monoisotopic (exact) mass is 672 g/mol. The lowest BCUT2D eigenvalue weighted by Crippen LogP contribution is -2.46. The Bertz CT molecular complexity index is 1300. The van der Waals surface area contributed by atoms with Crippen molar-refractivity contribution in [3.05, 3.63) is 62.0 Å². The first kappa shape index (κ1) is 30.5. The number of hydrogen-bond donors (Lipinski definition) is 1. The van der Waals surface area contributed by atoms with Crippen LogP contribution in [0.1, 0.15) is 36.8 Å². The second-order valence-corrected chi connectivity index (χ2v) is 13.2. The molecule has 4 rings (SSSR count). The third-order valence-corrected chi connectivity index (χ3v) is 10.5. The van der Waals surface area contributed by atoms with E-state index in [1.165, 1.54) is 0 Å². The average Bonchev–Trinajstić information content (AvgIpc) is 3.33. The number of alkyl halides is 3. The van der Waals surface area contributed by atoms with Crippen LogP contribution in [0.2, 0.25) is 10.0 Å². The Kier molecular flexibility index (Phi) is 9.27. The largest absolute Gasteiger partial charge is 0.416 e. The molecule has 1 N–H and O–H groups in total. The zero-order valence-corrected chi connectivity index (χ0v) is 24.5. The number of halogens is 6. The minimum absolute atomic E-state index is 0.0858. The van der Waals surface area contributed by atoms with Gasteiger partial charge in [0.15, 0.2) is 0 Å². The second-order valence-electron chi connectivity index (χ2n) is 9.61. The predicted molar refractivity (Wildman–Crippen MR) is 143 cm³/mol. The highest BCUT2D eigenvalue weighted by atomic mass is 79.9. The maximum atomic E-state index is 13.3. The first-order chi connectivity index (χ1) is 18.2. The van der Waals surface area contributed by atoms with Crippen LogP contribution in [0.4, 0.5) is 13.2 Å². The van der Waals surface area contributed by atoms with Gasteiger partial charge in [0.2, 0.25) is 15.9 Å². The van der Waals surface area contributed by atoms with Crippen molar-refractivity contribution in [1.82, 2.24) is 9.21 Å². The van der Waals surface area contributed by atoms with Crippen molar-refractivity contribution in [1.29, 1.82) is 0 Å². The van der Waals surface area contributed by atoms with E-state index in [4.69, 9.17) is 27.9 Å². The average molecular weight is 674 g/mol. The Morgan fingerprint density at radius 1 is 1.10 bits per heavy atom. The lowest BCUT2D eigenvalue weighted by atomic mass is 9.84. The SMILES string of the molecule is O=C(COCC1CCCN1S(=O)(=O)c1c(Cl)cc(C(F)(F)F)cc1Cl)N1CCC(O)(c2ccc(Br)cc2)CC1. The van der Waals surface area contributed by atoms with Gasteiger partial charge in [-0.25, -0.2) is 8.42 Å². The lowest BCUT2D eigenvalue weighted by Gasteiger charge is -2.38. The number of carbonyl (C=O) groups excluding carboxylic acids is 1. The van der Waals surface area contributed by atoms with Gasteiger partial charge in [-0.1, -0.05) is 51.3 Å². The van der Waals surface area contributed by atoms with Crippen molar-refractivity contribution >= 4 is 55.1 Å². The van der Waals surface area contributed by atoms with Crippen molar-refractivity contribution in [3.63, 3.8) is 0 Å². The van der Waals surface area contributed by atoms with E-state index in [1.54, 1.807) is 4.90 Å². The van der Waals surface area contributed by atoms with Crippen LogP contribution < -0.4 is 0 Å². The highest BCUT2D eigenvalue weighted by molar-refractivity contribution is 9.10. The van der Waals surface area contributed by atoms with Crippen molar-refractivity contribution in [2.24, 2.45) is 0 Å². The zero-order chi connectivity index (χ0) is 28.6. The Balaban J connectivity index is 1.34. The van der Waals surface area contributed by atoms with Crippen LogP contribution >= 0.6 is 39.1 Å². The molecule has 1 unspecified atom stereocenters. The first-order valence-electron chi connectivity index (χ1n) is 12.1. The number of aliphatic hydroxyl groups is 1. The van der Waals surface area contributed by atoms with Crippen LogP contribution in [0.15, 0.2) is 45.8 Å². The smallest absolute Gasteiger partial charge is 0.385 e. The van der Waals surface area contributed by atoms with Gasteiger partial charge < -0.3 is 14.7 Å². The molecule has 2 aliphatic rings. The molecule has 214 valence electrons. The number of rotatable bonds is 7. The van der Waals surface area contributed by atoms with Crippen LogP contribution in [0.3, 0.4) is 0 Å². The van der Waals surface area contributed by atoms with Crippen LogP contribution in [-0.2, 0) is 31.3 Å². The van der Waals surface area contributed by atoms with Gasteiger partial charge in [0.05, 0.1) is 27.8 Å². The van der Waals surface area contributed by atoms with Gasteiger partial charge in [-0.2, -0.15) is 17.5 Å². The molecular formula is C25H26BrCl2F3N2O5S. The molecule has 2 aromatic carbocycles. The third kappa shape index (κ3) is 6.74. The minimum Gasteiger partial charge on any atom is -0.385 e. The molecule has 0 saturated carbocycles. The zero-order valence-electron chi connectivity index (χ0n) is 20.6. The molecule has 1 amide bonds. The van der Waals surface area contributed by atoms with E-state index in [0.29, 0.717) is 50.9 Å². The Morgan fingerprint density at radius 3 is 2.26 bits per heavy atom. The lowest BCUT2D eigenvalue weighted by molar-refractivity contribution is -0.141. The molecule has 0 aliphatic carbocycles. The normalized spacial score (nSPS) is 20.4. The molecule has 39 heavy (non-hydrogen) atoms. The maximum Gasteiger partial charge on any atom is 0.416 e. The van der Waals surface area contributed by atoms with Gasteiger partial charge in [-0.3, -0.25) is 4.79 Å². The fourth-order valence-corrected chi connectivity index (χ4v) is 8.04. The number of carbonyl (C=O) groups is 1. The molecule has 2 saturated heterocycles. The molecule has 7 nitrogen and oxygen atoms in total. The van der Waals surface area contributed by atoms with Gasteiger partial charge in [0, 0.05) is 30.1 Å². The third-order valence-electron chi connectivity index (χ3n) is 7.08. The number of amides is 1. The summed E-state index contributed by atoms with van der Waals surface area (Å²) >= 11 is 15.3. The summed E-state index contributed by atoms with van der Waals surface area (Å²) in [5.41, 5.74) is -1.40. The topological polar surface area (TPSA) is 87.2 Å². The standard InChI is InChI=1S/C25H26BrCl2F3N2O5S/c26-18-5-3-16(4-6-18)24(35)7-10-32(11-8-24)22(34)15-38-14-19-2-1-9-33(19)39(36,37)23-20(27)12-17(13-21(23)28)25(29,30)31/h3-6,12-13,19,35H,1-2,7-11,14-15H2. The van der Waals surface area contributed by atoms with Crippen molar-refractivity contribution < 1.29 is 36.2 Å². The quantitative estimate of drug-likeness (QED) is 0.422. The minimum atomic E-state index is -4.74. The number of likely N-dealkylation sites (tertiary alicyclic amines) is 1. The van der Waals surface area contributed by atoms with Gasteiger partial charge in [-0.05, 0) is 55.5 Å². The van der Waals surface area contributed by atoms with Gasteiger partial charge >= 0.3 is 6.18 Å². The molecule has 0 bridgehead atoms. The van der Waals surface area contributed by atoms with Crippen LogP contribution in [0.25, 0.3) is 0 Å². The Labute approximate surface area is 243 Å². The molecule has 0 spiro atoms. The van der Waals surface area contributed by atoms with Crippen LogP contribution in [0, 0.1) is 0 Å². The molecule has 0 aromatic heterocycles. The molecule has 14 heteroatoms. The van der Waals surface area contributed by atoms with Crippen LogP contribution in [-0.4, -0.2) is 67.5 Å². The number of piperidine rings is 1. The Hall–Kier alpha value is -1.41. The summed E-state index contributed by atoms with van der Waals surface area (Å²) in [6.07, 6.45) is -3.07. The molecule has 2 aromatic rings. The summed E-state index contributed by atoms with van der Waals surface area (Å²) in [4.78, 5) is 13.7. The van der Waals surface area contributed by atoms with Gasteiger partial charge in [0.1, 0.15) is 11.5 Å². The number of ether oxygens (including phenoxy) is 1. The molecule has 0 radical (unpaired) electrons. The molecule has 1 atom stereocenters. The molecule has 2 aliphatic heterocycles. The maximum absolute atomic E-state index is 13.3. The van der Waals surface area contributed by atoms with Crippen LogP contribution in [0.5, 0.6) is 0 Å². The van der Waals surface area contributed by atoms with E-state index in [0.717, 1.165) is 14.3 Å². The number of benzene rings is 2. The Morgan fingerprint density at radius 2 is 1.69 bits per heavy atom. The van der Waals surface area contributed by atoms with Crippen molar-refractivity contribution in [2.75, 3.05) is 32.8 Å².